The SMILES string of the molecule is CCC(C)CNC(=O)c1cc(S(=O)(=O)Cl)ccc1C. The van der Waals surface area contributed by atoms with Crippen LogP contribution in [-0.4, -0.2) is 20.9 Å². The topological polar surface area (TPSA) is 63.2 Å². The van der Waals surface area contributed by atoms with Gasteiger partial charge in [0, 0.05) is 22.8 Å². The van der Waals surface area contributed by atoms with Gasteiger partial charge in [0.2, 0.25) is 0 Å². The molecule has 0 aliphatic heterocycles. The van der Waals surface area contributed by atoms with Crippen molar-refractivity contribution in [1.29, 1.82) is 0 Å². The second kappa shape index (κ2) is 6.39. The third-order valence-electron chi connectivity index (χ3n) is 3.04. The third-order valence-corrected chi connectivity index (χ3v) is 4.39. The third kappa shape index (κ3) is 4.51. The number of carbonyl (C=O) groups excluding carboxylic acids is 1. The zero-order valence-corrected chi connectivity index (χ0v) is 12.8. The summed E-state index contributed by atoms with van der Waals surface area (Å²) in [6.07, 6.45) is 0.968. The molecule has 0 heterocycles. The summed E-state index contributed by atoms with van der Waals surface area (Å²) in [4.78, 5) is 12.0. The quantitative estimate of drug-likeness (QED) is 0.851. The van der Waals surface area contributed by atoms with Crippen LogP contribution in [0.25, 0.3) is 0 Å². The number of hydrogen-bond acceptors (Lipinski definition) is 3. The Morgan fingerprint density at radius 2 is 2.05 bits per heavy atom. The van der Waals surface area contributed by atoms with Crippen LogP contribution < -0.4 is 5.32 Å². The van der Waals surface area contributed by atoms with Gasteiger partial charge in [0.1, 0.15) is 0 Å². The highest BCUT2D eigenvalue weighted by molar-refractivity contribution is 8.13. The maximum Gasteiger partial charge on any atom is 0.261 e. The summed E-state index contributed by atoms with van der Waals surface area (Å²) in [6, 6.07) is 4.28. The Morgan fingerprint density at radius 1 is 1.42 bits per heavy atom. The molecule has 1 unspecified atom stereocenters. The van der Waals surface area contributed by atoms with Crippen molar-refractivity contribution in [3.05, 3.63) is 29.3 Å². The van der Waals surface area contributed by atoms with Gasteiger partial charge in [-0.2, -0.15) is 0 Å². The number of nitrogens with one attached hydrogen (secondary N) is 1. The summed E-state index contributed by atoms with van der Waals surface area (Å²) in [5.74, 6) is 0.101. The van der Waals surface area contributed by atoms with E-state index >= 15 is 0 Å². The van der Waals surface area contributed by atoms with Crippen molar-refractivity contribution in [2.24, 2.45) is 5.92 Å². The van der Waals surface area contributed by atoms with E-state index in [1.807, 2.05) is 13.8 Å². The second-order valence-corrected chi connectivity index (χ2v) is 7.20. The first-order valence-corrected chi connectivity index (χ1v) is 8.40. The van der Waals surface area contributed by atoms with Crippen LogP contribution in [0.1, 0.15) is 36.2 Å². The summed E-state index contributed by atoms with van der Waals surface area (Å²) in [5, 5.41) is 2.79. The number of rotatable bonds is 5. The molecule has 106 valence electrons. The van der Waals surface area contributed by atoms with Crippen LogP contribution in [0.5, 0.6) is 0 Å². The molecule has 0 aliphatic carbocycles. The van der Waals surface area contributed by atoms with Crippen LogP contribution in [0.4, 0.5) is 0 Å². The van der Waals surface area contributed by atoms with Crippen LogP contribution in [0.15, 0.2) is 23.1 Å². The lowest BCUT2D eigenvalue weighted by molar-refractivity contribution is 0.0947. The average molecular weight is 304 g/mol. The number of carbonyl (C=O) groups is 1. The first-order chi connectivity index (χ1) is 8.75. The van der Waals surface area contributed by atoms with Gasteiger partial charge in [-0.1, -0.05) is 26.3 Å². The fourth-order valence-electron chi connectivity index (χ4n) is 1.50. The molecule has 1 amide bonds. The van der Waals surface area contributed by atoms with Crippen molar-refractivity contribution in [1.82, 2.24) is 5.32 Å². The van der Waals surface area contributed by atoms with Gasteiger partial charge in [-0.25, -0.2) is 8.42 Å². The van der Waals surface area contributed by atoms with Crippen LogP contribution in [-0.2, 0) is 9.05 Å². The molecule has 19 heavy (non-hydrogen) atoms. The van der Waals surface area contributed by atoms with E-state index in [4.69, 9.17) is 10.7 Å². The Bertz CT molecular complexity index is 569. The summed E-state index contributed by atoms with van der Waals surface area (Å²) in [7, 11) is 1.46. The van der Waals surface area contributed by atoms with E-state index < -0.39 is 9.05 Å². The van der Waals surface area contributed by atoms with E-state index in [1.165, 1.54) is 12.1 Å². The summed E-state index contributed by atoms with van der Waals surface area (Å²) < 4.78 is 22.5. The van der Waals surface area contributed by atoms with Crippen molar-refractivity contribution in [3.63, 3.8) is 0 Å². The predicted molar refractivity (Wildman–Crippen MR) is 76.0 cm³/mol. The van der Waals surface area contributed by atoms with Crippen LogP contribution in [0.3, 0.4) is 0 Å². The van der Waals surface area contributed by atoms with Gasteiger partial charge in [0.25, 0.3) is 15.0 Å². The van der Waals surface area contributed by atoms with E-state index in [9.17, 15) is 13.2 Å². The highest BCUT2D eigenvalue weighted by atomic mass is 35.7. The standard InChI is InChI=1S/C13H18ClNO3S/c1-4-9(2)8-15-13(16)12-7-11(19(14,17)18)6-5-10(12)3/h5-7,9H,4,8H2,1-3H3,(H,15,16). The highest BCUT2D eigenvalue weighted by Gasteiger charge is 2.16. The zero-order valence-electron chi connectivity index (χ0n) is 11.2. The molecule has 0 aromatic heterocycles. The Balaban J connectivity index is 2.96. The minimum atomic E-state index is -3.82. The fourth-order valence-corrected chi connectivity index (χ4v) is 2.28. The van der Waals surface area contributed by atoms with Crippen molar-refractivity contribution in [2.45, 2.75) is 32.1 Å². The summed E-state index contributed by atoms with van der Waals surface area (Å²) in [6.45, 7) is 6.39. The van der Waals surface area contributed by atoms with Gasteiger partial charge in [-0.15, -0.1) is 0 Å². The van der Waals surface area contributed by atoms with E-state index in [-0.39, 0.29) is 10.8 Å². The van der Waals surface area contributed by atoms with E-state index in [0.717, 1.165) is 6.42 Å². The molecular weight excluding hydrogens is 286 g/mol. The van der Waals surface area contributed by atoms with E-state index in [2.05, 4.69) is 5.32 Å². The van der Waals surface area contributed by atoms with Gasteiger partial charge in [-0.05, 0) is 30.5 Å². The molecule has 6 heteroatoms. The first kappa shape index (κ1) is 16.0. The van der Waals surface area contributed by atoms with Crippen molar-refractivity contribution >= 4 is 25.6 Å². The molecule has 1 atom stereocenters. The fraction of sp³-hybridized carbons (Fsp3) is 0.462. The largest absolute Gasteiger partial charge is 0.352 e. The van der Waals surface area contributed by atoms with Gasteiger partial charge < -0.3 is 5.32 Å². The molecule has 1 rings (SSSR count). The maximum absolute atomic E-state index is 12.0. The van der Waals surface area contributed by atoms with Crippen LogP contribution in [0.2, 0.25) is 0 Å². The first-order valence-electron chi connectivity index (χ1n) is 6.09. The van der Waals surface area contributed by atoms with Crippen molar-refractivity contribution in [2.75, 3.05) is 6.54 Å². The van der Waals surface area contributed by atoms with Crippen molar-refractivity contribution < 1.29 is 13.2 Å². The number of hydrogen-bond donors (Lipinski definition) is 1. The molecule has 0 saturated heterocycles. The van der Waals surface area contributed by atoms with E-state index in [1.54, 1.807) is 13.0 Å². The minimum Gasteiger partial charge on any atom is -0.352 e. The zero-order chi connectivity index (χ0) is 14.6. The molecule has 0 spiro atoms. The molecule has 0 bridgehead atoms. The monoisotopic (exact) mass is 303 g/mol. The molecule has 0 saturated carbocycles. The molecule has 1 aromatic rings. The molecule has 0 radical (unpaired) electrons. The molecule has 1 aromatic carbocycles. The lowest BCUT2D eigenvalue weighted by atomic mass is 10.1. The van der Waals surface area contributed by atoms with E-state index in [0.29, 0.717) is 23.6 Å². The summed E-state index contributed by atoms with van der Waals surface area (Å²) >= 11 is 0. The summed E-state index contributed by atoms with van der Waals surface area (Å²) in [5.41, 5.74) is 1.05. The van der Waals surface area contributed by atoms with Gasteiger partial charge >= 0.3 is 0 Å². The molecule has 1 N–H and O–H groups in total. The normalized spacial score (nSPS) is 13.1. The Morgan fingerprint density at radius 3 is 2.58 bits per heavy atom. The number of aryl methyl sites for hydroxylation is 1. The van der Waals surface area contributed by atoms with Crippen molar-refractivity contribution in [3.8, 4) is 0 Å². The maximum atomic E-state index is 12.0. The molecule has 0 fully saturated rings. The minimum absolute atomic E-state index is 0.0616. The molecule has 0 aliphatic rings. The molecular formula is C13H18ClNO3S. The van der Waals surface area contributed by atoms with Gasteiger partial charge in [0.15, 0.2) is 0 Å². The Hall–Kier alpha value is -1.07. The van der Waals surface area contributed by atoms with Crippen LogP contribution in [0, 0.1) is 12.8 Å². The number of amides is 1. The van der Waals surface area contributed by atoms with Gasteiger partial charge in [-0.3, -0.25) is 4.79 Å². The molecule has 4 nitrogen and oxygen atoms in total. The Kier molecular flexibility index (Phi) is 5.38. The smallest absolute Gasteiger partial charge is 0.261 e. The lowest BCUT2D eigenvalue weighted by Gasteiger charge is -2.12. The average Bonchev–Trinajstić information content (AvgIpc) is 2.34. The predicted octanol–water partition coefficient (Wildman–Crippen LogP) is 2.70. The Labute approximate surface area is 118 Å². The second-order valence-electron chi connectivity index (χ2n) is 4.64. The lowest BCUT2D eigenvalue weighted by Crippen LogP contribution is -2.28. The van der Waals surface area contributed by atoms with Crippen LogP contribution >= 0.6 is 10.7 Å². The highest BCUT2D eigenvalue weighted by Crippen LogP contribution is 2.19. The number of halogens is 1. The number of benzene rings is 1. The van der Waals surface area contributed by atoms with Gasteiger partial charge in [0.05, 0.1) is 4.90 Å².